The third kappa shape index (κ3) is 2.81. The number of hydrogen-bond donors (Lipinski definition) is 1. The Balaban J connectivity index is 1.57. The molecule has 6 heteroatoms. The van der Waals surface area contributed by atoms with Gasteiger partial charge in [-0.2, -0.15) is 0 Å². The summed E-state index contributed by atoms with van der Waals surface area (Å²) in [4.78, 5) is 9.61. The maximum absolute atomic E-state index is 5.89. The molecule has 3 aromatic rings. The normalized spacial score (nSPS) is 18.5. The number of nitrogens with one attached hydrogen (secondary N) is 1. The smallest absolute Gasteiger partial charge is 0.281 e. The van der Waals surface area contributed by atoms with Crippen LogP contribution in [-0.2, 0) is 4.74 Å². The molecule has 4 rings (SSSR count). The Morgan fingerprint density at radius 3 is 3.14 bits per heavy atom. The largest absolute Gasteiger partial charge is 0.431 e. The van der Waals surface area contributed by atoms with Gasteiger partial charge in [-0.15, -0.1) is 0 Å². The van der Waals surface area contributed by atoms with E-state index < -0.39 is 0 Å². The van der Waals surface area contributed by atoms with Crippen molar-refractivity contribution in [1.82, 2.24) is 15.3 Å². The van der Waals surface area contributed by atoms with Gasteiger partial charge in [-0.25, -0.2) is 9.97 Å². The van der Waals surface area contributed by atoms with Crippen LogP contribution in [0, 0.1) is 0 Å². The lowest BCUT2D eigenvalue weighted by Crippen LogP contribution is -2.33. The summed E-state index contributed by atoms with van der Waals surface area (Å²) in [5, 5.41) is 3.94. The number of ether oxygens (including phenoxy) is 2. The van der Waals surface area contributed by atoms with Gasteiger partial charge in [-0.05, 0) is 29.8 Å². The van der Waals surface area contributed by atoms with Crippen molar-refractivity contribution in [3.05, 3.63) is 48.2 Å². The molecule has 0 aliphatic carbocycles. The number of nitrogens with zero attached hydrogens (tertiary/aromatic N) is 2. The highest BCUT2D eigenvalue weighted by atomic mass is 32.1. The second-order valence-corrected chi connectivity index (χ2v) is 5.99. The third-order valence-electron chi connectivity index (χ3n) is 3.51. The zero-order valence-corrected chi connectivity index (χ0v) is 12.7. The van der Waals surface area contributed by atoms with E-state index in [9.17, 15) is 0 Å². The highest BCUT2D eigenvalue weighted by Gasteiger charge is 2.16. The van der Waals surface area contributed by atoms with Gasteiger partial charge in [0.15, 0.2) is 0 Å². The van der Waals surface area contributed by atoms with Crippen LogP contribution in [-0.4, -0.2) is 29.7 Å². The summed E-state index contributed by atoms with van der Waals surface area (Å²) >= 11 is 1.45. The van der Waals surface area contributed by atoms with E-state index in [1.807, 2.05) is 30.3 Å². The van der Waals surface area contributed by atoms with Crippen LogP contribution < -0.4 is 10.1 Å². The van der Waals surface area contributed by atoms with Crippen LogP contribution in [0.15, 0.2) is 42.6 Å². The number of aromatic nitrogens is 2. The number of morpholine rings is 1. The molecular formula is C16H15N3O2S. The molecule has 0 radical (unpaired) electrons. The van der Waals surface area contributed by atoms with Gasteiger partial charge in [-0.1, -0.05) is 23.5 Å². The standard InChI is InChI=1S/C16H15N3O2S/c1-3-11(14-10-17-7-8-20-14)9-12(4-1)21-16-19-13-5-2-6-18-15(13)22-16/h1-6,9,14,17H,7-8,10H2/t14-/m0/s1. The summed E-state index contributed by atoms with van der Waals surface area (Å²) in [6.45, 7) is 2.47. The Hall–Kier alpha value is -2.02. The van der Waals surface area contributed by atoms with Gasteiger partial charge >= 0.3 is 0 Å². The van der Waals surface area contributed by atoms with Crippen LogP contribution in [0.3, 0.4) is 0 Å². The number of fused-ring (bicyclic) bond motifs is 1. The summed E-state index contributed by atoms with van der Waals surface area (Å²) in [7, 11) is 0. The van der Waals surface area contributed by atoms with Crippen molar-refractivity contribution in [2.75, 3.05) is 19.7 Å². The molecular weight excluding hydrogens is 298 g/mol. The predicted octanol–water partition coefficient (Wildman–Crippen LogP) is 3.14. The Labute approximate surface area is 131 Å². The molecule has 1 aliphatic heterocycles. The van der Waals surface area contributed by atoms with Crippen molar-refractivity contribution in [2.45, 2.75) is 6.10 Å². The molecule has 22 heavy (non-hydrogen) atoms. The van der Waals surface area contributed by atoms with E-state index in [0.717, 1.165) is 41.4 Å². The predicted molar refractivity (Wildman–Crippen MR) is 85.5 cm³/mol. The maximum Gasteiger partial charge on any atom is 0.281 e. The summed E-state index contributed by atoms with van der Waals surface area (Å²) in [6, 6.07) is 11.8. The average molecular weight is 313 g/mol. The first kappa shape index (κ1) is 13.6. The van der Waals surface area contributed by atoms with E-state index in [1.165, 1.54) is 11.3 Å². The number of hydrogen-bond acceptors (Lipinski definition) is 6. The molecule has 0 spiro atoms. The number of pyridine rings is 1. The molecule has 1 atom stereocenters. The third-order valence-corrected chi connectivity index (χ3v) is 4.37. The Kier molecular flexibility index (Phi) is 3.72. The summed E-state index contributed by atoms with van der Waals surface area (Å²) in [5.74, 6) is 0.769. The molecule has 0 amide bonds. The minimum atomic E-state index is 0.0781. The lowest BCUT2D eigenvalue weighted by atomic mass is 10.1. The molecule has 0 saturated carbocycles. The van der Waals surface area contributed by atoms with Gasteiger partial charge in [0.2, 0.25) is 0 Å². The SMILES string of the molecule is c1cc(Oc2nc3cccnc3s2)cc([C@@H]2CNCCO2)c1. The highest BCUT2D eigenvalue weighted by Crippen LogP contribution is 2.31. The fourth-order valence-electron chi connectivity index (χ4n) is 2.45. The van der Waals surface area contributed by atoms with Crippen LogP contribution in [0.1, 0.15) is 11.7 Å². The van der Waals surface area contributed by atoms with Crippen molar-refractivity contribution in [2.24, 2.45) is 0 Å². The van der Waals surface area contributed by atoms with E-state index in [1.54, 1.807) is 6.20 Å². The van der Waals surface area contributed by atoms with Crippen molar-refractivity contribution in [3.63, 3.8) is 0 Å². The number of thiazole rings is 1. The molecule has 5 nitrogen and oxygen atoms in total. The Bertz CT molecular complexity index is 751. The zero-order valence-electron chi connectivity index (χ0n) is 11.9. The molecule has 1 aromatic carbocycles. The summed E-state index contributed by atoms with van der Waals surface area (Å²) in [6.07, 6.45) is 1.84. The van der Waals surface area contributed by atoms with Gasteiger partial charge < -0.3 is 14.8 Å². The molecule has 0 unspecified atom stereocenters. The van der Waals surface area contributed by atoms with Crippen LogP contribution in [0.2, 0.25) is 0 Å². The molecule has 1 aliphatic rings. The van der Waals surface area contributed by atoms with Crippen LogP contribution in [0.4, 0.5) is 0 Å². The molecule has 2 aromatic heterocycles. The first-order valence-electron chi connectivity index (χ1n) is 7.20. The first-order valence-corrected chi connectivity index (χ1v) is 8.02. The zero-order chi connectivity index (χ0) is 14.8. The van der Waals surface area contributed by atoms with Gasteiger partial charge in [-0.3, -0.25) is 0 Å². The fourth-order valence-corrected chi connectivity index (χ4v) is 3.23. The van der Waals surface area contributed by atoms with E-state index >= 15 is 0 Å². The van der Waals surface area contributed by atoms with Crippen molar-refractivity contribution in [1.29, 1.82) is 0 Å². The van der Waals surface area contributed by atoms with E-state index in [0.29, 0.717) is 5.19 Å². The molecule has 1 fully saturated rings. The molecule has 0 bridgehead atoms. The average Bonchev–Trinajstić information content (AvgIpc) is 2.98. The minimum Gasteiger partial charge on any atom is -0.431 e. The summed E-state index contributed by atoms with van der Waals surface area (Å²) < 4.78 is 11.7. The monoisotopic (exact) mass is 313 g/mol. The Morgan fingerprint density at radius 2 is 2.27 bits per heavy atom. The van der Waals surface area contributed by atoms with Gasteiger partial charge in [0, 0.05) is 19.3 Å². The molecule has 112 valence electrons. The second-order valence-electron chi connectivity index (χ2n) is 5.05. The fraction of sp³-hybridized carbons (Fsp3) is 0.250. The molecule has 1 N–H and O–H groups in total. The number of benzene rings is 1. The summed E-state index contributed by atoms with van der Waals surface area (Å²) in [5.41, 5.74) is 1.97. The molecule has 1 saturated heterocycles. The lowest BCUT2D eigenvalue weighted by molar-refractivity contribution is 0.0276. The quantitative estimate of drug-likeness (QED) is 0.805. The van der Waals surface area contributed by atoms with Crippen LogP contribution in [0.5, 0.6) is 10.9 Å². The van der Waals surface area contributed by atoms with Crippen molar-refractivity contribution >= 4 is 21.7 Å². The topological polar surface area (TPSA) is 56.3 Å². The van der Waals surface area contributed by atoms with Crippen LogP contribution >= 0.6 is 11.3 Å². The van der Waals surface area contributed by atoms with Crippen LogP contribution in [0.25, 0.3) is 10.3 Å². The van der Waals surface area contributed by atoms with Gasteiger partial charge in [0.05, 0.1) is 12.7 Å². The van der Waals surface area contributed by atoms with E-state index in [-0.39, 0.29) is 6.10 Å². The molecule has 3 heterocycles. The van der Waals surface area contributed by atoms with E-state index in [2.05, 4.69) is 21.4 Å². The number of rotatable bonds is 3. The van der Waals surface area contributed by atoms with Gasteiger partial charge in [0.1, 0.15) is 16.1 Å². The maximum atomic E-state index is 5.89. The van der Waals surface area contributed by atoms with Gasteiger partial charge in [0.25, 0.3) is 5.19 Å². The van der Waals surface area contributed by atoms with Crippen molar-refractivity contribution in [3.8, 4) is 10.9 Å². The lowest BCUT2D eigenvalue weighted by Gasteiger charge is -2.24. The minimum absolute atomic E-state index is 0.0781. The second kappa shape index (κ2) is 6.00. The Morgan fingerprint density at radius 1 is 1.27 bits per heavy atom. The highest BCUT2D eigenvalue weighted by molar-refractivity contribution is 7.19. The van der Waals surface area contributed by atoms with E-state index in [4.69, 9.17) is 9.47 Å². The van der Waals surface area contributed by atoms with Crippen molar-refractivity contribution < 1.29 is 9.47 Å². The first-order chi connectivity index (χ1) is 10.9.